The predicted molar refractivity (Wildman–Crippen MR) is 55.2 cm³/mol. The van der Waals surface area contributed by atoms with E-state index in [4.69, 9.17) is 0 Å². The minimum atomic E-state index is -4.55. The van der Waals surface area contributed by atoms with E-state index in [0.717, 1.165) is 22.7 Å². The van der Waals surface area contributed by atoms with E-state index in [1.807, 2.05) is 0 Å². The van der Waals surface area contributed by atoms with E-state index in [1.165, 1.54) is 12.1 Å². The van der Waals surface area contributed by atoms with Gasteiger partial charge in [0, 0.05) is 0 Å². The third-order valence-electron chi connectivity index (χ3n) is 2.14. The molecule has 0 saturated carbocycles. The maximum atomic E-state index is 12.4. The number of aliphatic hydroxyl groups is 1. The topological polar surface area (TPSA) is 53.4 Å². The molecule has 1 aromatic rings. The highest BCUT2D eigenvalue weighted by atomic mass is 32.2. The summed E-state index contributed by atoms with van der Waals surface area (Å²) in [5.41, 5.74) is -2.29. The molecule has 8 heteroatoms. The Morgan fingerprint density at radius 3 is 2.71 bits per heavy atom. The van der Waals surface area contributed by atoms with Crippen LogP contribution in [0, 0.1) is 0 Å². The van der Waals surface area contributed by atoms with E-state index in [1.54, 1.807) is 0 Å². The lowest BCUT2D eigenvalue weighted by molar-refractivity contribution is -0.141. The summed E-state index contributed by atoms with van der Waals surface area (Å²) in [7, 11) is 0. The van der Waals surface area contributed by atoms with E-state index in [-0.39, 0.29) is 11.7 Å². The first kappa shape index (κ1) is 12.2. The van der Waals surface area contributed by atoms with Crippen molar-refractivity contribution in [2.24, 2.45) is 0 Å². The SMILES string of the molecule is O=C1C(O)SCN1c1cccc(C(F)(F)F)n1. The molecule has 0 aliphatic carbocycles. The molecule has 1 saturated heterocycles. The van der Waals surface area contributed by atoms with Gasteiger partial charge in [0.2, 0.25) is 0 Å². The van der Waals surface area contributed by atoms with E-state index < -0.39 is 23.2 Å². The van der Waals surface area contributed by atoms with Gasteiger partial charge in [0.15, 0.2) is 5.44 Å². The van der Waals surface area contributed by atoms with Gasteiger partial charge in [-0.3, -0.25) is 9.69 Å². The lowest BCUT2D eigenvalue weighted by atomic mass is 10.3. The molecule has 1 aliphatic heterocycles. The standard InChI is InChI=1S/C9H7F3N2O2S/c10-9(11,12)5-2-1-3-6(13-5)14-4-17-8(16)7(14)15/h1-3,8,16H,4H2. The number of aromatic nitrogens is 1. The van der Waals surface area contributed by atoms with Gasteiger partial charge in [-0.1, -0.05) is 17.8 Å². The number of anilines is 1. The molecule has 1 aliphatic rings. The Balaban J connectivity index is 2.31. The Bertz CT molecular complexity index is 452. The van der Waals surface area contributed by atoms with Crippen LogP contribution in [0.25, 0.3) is 0 Å². The third kappa shape index (κ3) is 2.37. The molecular formula is C9H7F3N2O2S. The highest BCUT2D eigenvalue weighted by Gasteiger charge is 2.36. The number of halogens is 3. The largest absolute Gasteiger partial charge is 0.433 e. The van der Waals surface area contributed by atoms with Gasteiger partial charge in [0.05, 0.1) is 5.88 Å². The minimum Gasteiger partial charge on any atom is -0.373 e. The summed E-state index contributed by atoms with van der Waals surface area (Å²) in [4.78, 5) is 15.8. The van der Waals surface area contributed by atoms with Gasteiger partial charge in [-0.05, 0) is 12.1 Å². The maximum Gasteiger partial charge on any atom is 0.433 e. The van der Waals surface area contributed by atoms with Gasteiger partial charge in [-0.15, -0.1) is 0 Å². The number of thioether (sulfide) groups is 1. The fourth-order valence-electron chi connectivity index (χ4n) is 1.32. The van der Waals surface area contributed by atoms with E-state index in [2.05, 4.69) is 4.98 Å². The van der Waals surface area contributed by atoms with Crippen molar-refractivity contribution in [1.82, 2.24) is 4.98 Å². The van der Waals surface area contributed by atoms with Crippen LogP contribution in [-0.4, -0.2) is 27.3 Å². The monoisotopic (exact) mass is 264 g/mol. The Labute approximate surface area is 98.4 Å². The minimum absolute atomic E-state index is 0.0916. The van der Waals surface area contributed by atoms with Crippen LogP contribution in [0.15, 0.2) is 18.2 Å². The molecule has 1 fully saturated rings. The zero-order valence-corrected chi connectivity index (χ0v) is 9.13. The summed E-state index contributed by atoms with van der Waals surface area (Å²) in [6, 6.07) is 3.30. The first-order valence-corrected chi connectivity index (χ1v) is 5.60. The molecule has 4 nitrogen and oxygen atoms in total. The quantitative estimate of drug-likeness (QED) is 0.834. The van der Waals surface area contributed by atoms with Crippen molar-refractivity contribution in [2.75, 3.05) is 10.8 Å². The van der Waals surface area contributed by atoms with Crippen molar-refractivity contribution in [2.45, 2.75) is 11.6 Å². The number of alkyl halides is 3. The predicted octanol–water partition coefficient (Wildman–Crippen LogP) is 1.46. The number of amides is 1. The highest BCUT2D eigenvalue weighted by molar-refractivity contribution is 8.01. The van der Waals surface area contributed by atoms with Gasteiger partial charge in [0.25, 0.3) is 5.91 Å². The molecule has 1 N–H and O–H groups in total. The van der Waals surface area contributed by atoms with Crippen LogP contribution in [0.3, 0.4) is 0 Å². The van der Waals surface area contributed by atoms with Gasteiger partial charge >= 0.3 is 6.18 Å². The van der Waals surface area contributed by atoms with Crippen molar-refractivity contribution < 1.29 is 23.1 Å². The molecule has 0 spiro atoms. The average molecular weight is 264 g/mol. The molecule has 0 bridgehead atoms. The van der Waals surface area contributed by atoms with Crippen molar-refractivity contribution in [1.29, 1.82) is 0 Å². The normalized spacial score (nSPS) is 21.1. The summed E-state index contributed by atoms with van der Waals surface area (Å²) in [6.45, 7) is 0. The number of rotatable bonds is 1. The Hall–Kier alpha value is -1.28. The van der Waals surface area contributed by atoms with E-state index in [9.17, 15) is 23.1 Å². The summed E-state index contributed by atoms with van der Waals surface area (Å²) < 4.78 is 37.2. The summed E-state index contributed by atoms with van der Waals surface area (Å²) in [6.07, 6.45) is -4.55. The summed E-state index contributed by atoms with van der Waals surface area (Å²) in [5.74, 6) is -0.662. The van der Waals surface area contributed by atoms with E-state index >= 15 is 0 Å². The van der Waals surface area contributed by atoms with Gasteiger partial charge in [-0.25, -0.2) is 4.98 Å². The number of carbonyl (C=O) groups excluding carboxylic acids is 1. The third-order valence-corrected chi connectivity index (χ3v) is 3.06. The van der Waals surface area contributed by atoms with Crippen LogP contribution in [0.1, 0.15) is 5.69 Å². The smallest absolute Gasteiger partial charge is 0.373 e. The van der Waals surface area contributed by atoms with Crippen LogP contribution >= 0.6 is 11.8 Å². The number of carbonyl (C=O) groups is 1. The van der Waals surface area contributed by atoms with Crippen LogP contribution in [-0.2, 0) is 11.0 Å². The zero-order valence-electron chi connectivity index (χ0n) is 8.31. The van der Waals surface area contributed by atoms with Crippen molar-refractivity contribution in [3.63, 3.8) is 0 Å². The molecule has 1 aromatic heterocycles. The van der Waals surface area contributed by atoms with E-state index in [0.29, 0.717) is 0 Å². The number of hydrogen-bond donors (Lipinski definition) is 1. The Kier molecular flexibility index (Phi) is 3.00. The molecule has 1 atom stereocenters. The molecular weight excluding hydrogens is 257 g/mol. The molecule has 92 valence electrons. The highest BCUT2D eigenvalue weighted by Crippen LogP contribution is 2.31. The van der Waals surface area contributed by atoms with Crippen LogP contribution in [0.4, 0.5) is 19.0 Å². The van der Waals surface area contributed by atoms with Gasteiger partial charge in [0.1, 0.15) is 11.5 Å². The Morgan fingerprint density at radius 1 is 1.47 bits per heavy atom. The summed E-state index contributed by atoms with van der Waals surface area (Å²) in [5, 5.41) is 9.18. The molecule has 0 radical (unpaired) electrons. The van der Waals surface area contributed by atoms with Crippen molar-refractivity contribution in [3.05, 3.63) is 23.9 Å². The number of pyridine rings is 1. The number of hydrogen-bond acceptors (Lipinski definition) is 4. The molecule has 1 amide bonds. The second-order valence-electron chi connectivity index (χ2n) is 3.29. The zero-order chi connectivity index (χ0) is 12.6. The first-order valence-electron chi connectivity index (χ1n) is 4.55. The van der Waals surface area contributed by atoms with Crippen molar-refractivity contribution in [3.8, 4) is 0 Å². The maximum absolute atomic E-state index is 12.4. The van der Waals surface area contributed by atoms with Crippen LogP contribution in [0.5, 0.6) is 0 Å². The fourth-order valence-corrected chi connectivity index (χ4v) is 2.14. The molecule has 1 unspecified atom stereocenters. The fraction of sp³-hybridized carbons (Fsp3) is 0.333. The molecule has 2 rings (SSSR count). The summed E-state index contributed by atoms with van der Waals surface area (Å²) >= 11 is 0.932. The molecule has 0 aromatic carbocycles. The lowest BCUT2D eigenvalue weighted by Crippen LogP contribution is -2.30. The molecule has 2 heterocycles. The number of aliphatic hydroxyl groups excluding tert-OH is 1. The van der Waals surface area contributed by atoms with Crippen LogP contribution < -0.4 is 4.90 Å². The first-order chi connectivity index (χ1) is 7.89. The van der Waals surface area contributed by atoms with Gasteiger partial charge < -0.3 is 5.11 Å². The van der Waals surface area contributed by atoms with Crippen molar-refractivity contribution >= 4 is 23.5 Å². The second-order valence-corrected chi connectivity index (χ2v) is 4.33. The lowest BCUT2D eigenvalue weighted by Gasteiger charge is -2.15. The Morgan fingerprint density at radius 2 is 2.18 bits per heavy atom. The second kappa shape index (κ2) is 4.19. The van der Waals surface area contributed by atoms with Crippen LogP contribution in [0.2, 0.25) is 0 Å². The number of nitrogens with zero attached hydrogens (tertiary/aromatic N) is 2. The van der Waals surface area contributed by atoms with Gasteiger partial charge in [-0.2, -0.15) is 13.2 Å². The molecule has 17 heavy (non-hydrogen) atoms. The average Bonchev–Trinajstić information content (AvgIpc) is 2.59.